The quantitative estimate of drug-likeness (QED) is 0.228. The van der Waals surface area contributed by atoms with Crippen LogP contribution in [-0.2, 0) is 13.2 Å². The van der Waals surface area contributed by atoms with E-state index in [0.717, 1.165) is 45.0 Å². The standard InChI is InChI=1S/C32H24N2O4S/c35-31-29(18-24-19-33-30-27(24)15-8-16-28(30)37-21-22-9-3-1-4-10-22)39-32(36)34(31)20-23-11-7-14-26(17-23)38-25-12-5-2-6-13-25/h1-19,35H,20-21H2. The highest BCUT2D eigenvalue weighted by Gasteiger charge is 2.19. The molecule has 0 fully saturated rings. The van der Waals surface area contributed by atoms with Gasteiger partial charge in [0.2, 0.25) is 5.88 Å². The Morgan fingerprint density at radius 1 is 0.846 bits per heavy atom. The lowest BCUT2D eigenvalue weighted by atomic mass is 10.1. The highest BCUT2D eigenvalue weighted by atomic mass is 32.1. The summed E-state index contributed by atoms with van der Waals surface area (Å²) in [5, 5.41) is 11.0. The van der Waals surface area contributed by atoms with Gasteiger partial charge < -0.3 is 14.6 Å². The van der Waals surface area contributed by atoms with Gasteiger partial charge in [-0.1, -0.05) is 84.1 Å². The maximum atomic E-state index is 12.8. The molecule has 0 saturated heterocycles. The molecule has 0 radical (unpaired) electrons. The van der Waals surface area contributed by atoms with E-state index in [4.69, 9.17) is 9.47 Å². The number of fused-ring (bicyclic) bond motifs is 1. The number of aromatic hydroxyl groups is 1. The molecule has 2 heterocycles. The van der Waals surface area contributed by atoms with Crippen LogP contribution >= 0.6 is 11.3 Å². The van der Waals surface area contributed by atoms with Crippen molar-refractivity contribution in [2.45, 2.75) is 13.2 Å². The fourth-order valence-corrected chi connectivity index (χ4v) is 5.20. The third-order valence-corrected chi connectivity index (χ3v) is 7.19. The molecule has 1 aliphatic heterocycles. The third-order valence-electron chi connectivity index (χ3n) is 6.28. The van der Waals surface area contributed by atoms with Gasteiger partial charge in [-0.2, -0.15) is 0 Å². The first-order chi connectivity index (χ1) is 19.1. The molecule has 1 aliphatic rings. The fraction of sp³-hybridized carbons (Fsp3) is 0.0625. The lowest BCUT2D eigenvalue weighted by molar-refractivity contribution is 0.307. The summed E-state index contributed by atoms with van der Waals surface area (Å²) >= 11 is 0.997. The van der Waals surface area contributed by atoms with Crippen molar-refractivity contribution in [2.24, 2.45) is 4.99 Å². The van der Waals surface area contributed by atoms with Crippen LogP contribution in [0.3, 0.4) is 0 Å². The maximum absolute atomic E-state index is 12.8. The van der Waals surface area contributed by atoms with Crippen LogP contribution in [0.1, 0.15) is 21.6 Å². The van der Waals surface area contributed by atoms with Crippen molar-refractivity contribution in [3.63, 3.8) is 0 Å². The van der Waals surface area contributed by atoms with Gasteiger partial charge in [0.15, 0.2) is 0 Å². The Labute approximate surface area is 229 Å². The van der Waals surface area contributed by atoms with Gasteiger partial charge in [0.25, 0.3) is 0 Å². The van der Waals surface area contributed by atoms with Gasteiger partial charge in [-0.25, -0.2) is 0 Å². The largest absolute Gasteiger partial charge is 0.493 e. The molecule has 1 N–H and O–H groups in total. The second kappa shape index (κ2) is 10.8. The number of para-hydroxylation sites is 2. The summed E-state index contributed by atoms with van der Waals surface area (Å²) in [5.41, 5.74) is 4.34. The maximum Gasteiger partial charge on any atom is 0.310 e. The van der Waals surface area contributed by atoms with E-state index < -0.39 is 0 Å². The molecule has 0 unspecified atom stereocenters. The third kappa shape index (κ3) is 5.39. The zero-order valence-corrected chi connectivity index (χ0v) is 21.7. The molecule has 1 aromatic heterocycles. The molecule has 192 valence electrons. The van der Waals surface area contributed by atoms with Gasteiger partial charge in [-0.3, -0.25) is 14.4 Å². The number of ether oxygens (including phenoxy) is 2. The first-order valence-corrected chi connectivity index (χ1v) is 13.3. The molecule has 39 heavy (non-hydrogen) atoms. The zero-order valence-electron chi connectivity index (χ0n) is 20.9. The molecule has 0 amide bonds. The van der Waals surface area contributed by atoms with Crippen LogP contribution in [0.4, 0.5) is 5.69 Å². The van der Waals surface area contributed by atoms with E-state index in [0.29, 0.717) is 23.0 Å². The number of aromatic nitrogens is 1. The first-order valence-electron chi connectivity index (χ1n) is 12.4. The normalized spacial score (nSPS) is 13.0. The average Bonchev–Trinajstić information content (AvgIpc) is 3.49. The topological polar surface area (TPSA) is 73.0 Å². The van der Waals surface area contributed by atoms with E-state index in [-0.39, 0.29) is 17.3 Å². The number of hydrogen-bond acceptors (Lipinski definition) is 6. The molecule has 0 atom stereocenters. The van der Waals surface area contributed by atoms with Gasteiger partial charge in [0.1, 0.15) is 29.5 Å². The molecular weight excluding hydrogens is 508 g/mol. The van der Waals surface area contributed by atoms with Crippen molar-refractivity contribution in [3.05, 3.63) is 134 Å². The number of thiazole rings is 1. The average molecular weight is 533 g/mol. The Bertz CT molecular complexity index is 1740. The predicted octanol–water partition coefficient (Wildman–Crippen LogP) is 7.29. The van der Waals surface area contributed by atoms with Crippen LogP contribution in [0.25, 0.3) is 11.6 Å². The summed E-state index contributed by atoms with van der Waals surface area (Å²) in [6.07, 6.45) is 3.53. The summed E-state index contributed by atoms with van der Waals surface area (Å²) < 4.78 is 13.3. The van der Waals surface area contributed by atoms with Crippen LogP contribution in [0, 0.1) is 0 Å². The van der Waals surface area contributed by atoms with E-state index in [1.807, 2.05) is 103 Å². The molecule has 4 aromatic carbocycles. The number of rotatable bonds is 8. The van der Waals surface area contributed by atoms with Gasteiger partial charge in [0.05, 0.1) is 11.4 Å². The molecule has 6 nitrogen and oxygen atoms in total. The number of nitrogens with zero attached hydrogens (tertiary/aromatic N) is 2. The molecule has 0 aliphatic carbocycles. The Hall–Kier alpha value is -4.88. The Morgan fingerprint density at radius 3 is 2.38 bits per heavy atom. The second-order valence-corrected chi connectivity index (χ2v) is 9.98. The predicted molar refractivity (Wildman–Crippen MR) is 156 cm³/mol. The molecule has 5 aromatic rings. The Morgan fingerprint density at radius 2 is 1.56 bits per heavy atom. The van der Waals surface area contributed by atoms with E-state index in [1.165, 1.54) is 4.57 Å². The van der Waals surface area contributed by atoms with Gasteiger partial charge in [-0.05, 0) is 47.5 Å². The molecule has 0 saturated carbocycles. The minimum atomic E-state index is -0.246. The smallest absolute Gasteiger partial charge is 0.310 e. The van der Waals surface area contributed by atoms with Gasteiger partial charge in [-0.15, -0.1) is 0 Å². The van der Waals surface area contributed by atoms with Crippen LogP contribution in [0.15, 0.2) is 113 Å². The summed E-state index contributed by atoms with van der Waals surface area (Å²) in [6, 6.07) is 32.7. The first kappa shape index (κ1) is 24.5. The summed E-state index contributed by atoms with van der Waals surface area (Å²) in [7, 11) is 0. The van der Waals surface area contributed by atoms with Crippen molar-refractivity contribution in [3.8, 4) is 23.1 Å². The Balaban J connectivity index is 1.22. The lowest BCUT2D eigenvalue weighted by Gasteiger charge is -2.10. The number of benzene rings is 4. The summed E-state index contributed by atoms with van der Waals surface area (Å²) in [4.78, 5) is 17.6. The van der Waals surface area contributed by atoms with Crippen LogP contribution in [-0.4, -0.2) is 15.9 Å². The molecule has 7 heteroatoms. The van der Waals surface area contributed by atoms with Crippen molar-refractivity contribution in [2.75, 3.05) is 0 Å². The fourth-order valence-electron chi connectivity index (χ4n) is 4.36. The van der Waals surface area contributed by atoms with Crippen molar-refractivity contribution in [1.29, 1.82) is 0 Å². The monoisotopic (exact) mass is 532 g/mol. The molecular formula is C32H24N2O4S. The van der Waals surface area contributed by atoms with Gasteiger partial charge in [0, 0.05) is 17.4 Å². The van der Waals surface area contributed by atoms with Gasteiger partial charge >= 0.3 is 4.87 Å². The molecule has 6 rings (SSSR count). The van der Waals surface area contributed by atoms with Crippen molar-refractivity contribution < 1.29 is 14.6 Å². The second-order valence-electron chi connectivity index (χ2n) is 8.99. The van der Waals surface area contributed by atoms with E-state index in [9.17, 15) is 9.90 Å². The van der Waals surface area contributed by atoms with Crippen LogP contribution in [0.2, 0.25) is 0 Å². The summed E-state index contributed by atoms with van der Waals surface area (Å²) in [5.74, 6) is 1.99. The van der Waals surface area contributed by atoms with E-state index >= 15 is 0 Å². The highest BCUT2D eigenvalue weighted by Crippen LogP contribution is 2.41. The minimum Gasteiger partial charge on any atom is -0.493 e. The number of allylic oxidation sites excluding steroid dienone is 1. The molecule has 0 bridgehead atoms. The zero-order chi connectivity index (χ0) is 26.6. The highest BCUT2D eigenvalue weighted by molar-refractivity contribution is 7.10. The minimum absolute atomic E-state index is 0.0785. The van der Waals surface area contributed by atoms with Crippen LogP contribution in [0.5, 0.6) is 23.1 Å². The van der Waals surface area contributed by atoms with E-state index in [2.05, 4.69) is 4.99 Å². The number of aliphatic imine (C=N–C) groups is 1. The number of hydrogen-bond donors (Lipinski definition) is 1. The van der Waals surface area contributed by atoms with Crippen molar-refractivity contribution in [1.82, 2.24) is 4.57 Å². The SMILES string of the molecule is O=c1sc(C=C2C=Nc3c(OCc4ccccc4)cccc32)c(O)n1Cc1cccc(Oc2ccccc2)c1. The molecule has 0 spiro atoms. The lowest BCUT2D eigenvalue weighted by Crippen LogP contribution is -2.13. The van der Waals surface area contributed by atoms with E-state index in [1.54, 1.807) is 12.3 Å². The summed E-state index contributed by atoms with van der Waals surface area (Å²) in [6.45, 7) is 0.660. The van der Waals surface area contributed by atoms with Crippen LogP contribution < -0.4 is 14.3 Å². The van der Waals surface area contributed by atoms with Crippen molar-refractivity contribution >= 4 is 34.9 Å². The Kier molecular flexibility index (Phi) is 6.80.